The van der Waals surface area contributed by atoms with E-state index < -0.39 is 11.9 Å². The zero-order chi connectivity index (χ0) is 12.1. The van der Waals surface area contributed by atoms with Gasteiger partial charge in [0.1, 0.15) is 6.04 Å². The second-order valence-corrected chi connectivity index (χ2v) is 4.64. The zero-order valence-corrected chi connectivity index (χ0v) is 9.95. The number of nitrogens with two attached hydrogens (primary N) is 1. The lowest BCUT2D eigenvalue weighted by Crippen LogP contribution is -2.54. The fraction of sp³-hybridized carbons (Fsp3) is 0.818. The Labute approximate surface area is 96.1 Å². The predicted octanol–water partition coefficient (Wildman–Crippen LogP) is -0.245. The summed E-state index contributed by atoms with van der Waals surface area (Å²) in [5.41, 5.74) is 5.24. The Kier molecular flexibility index (Phi) is 4.73. The molecule has 1 aliphatic rings. The molecule has 0 radical (unpaired) electrons. The number of piperidine rings is 1. The molecule has 0 aliphatic carbocycles. The molecule has 5 heteroatoms. The first-order valence-electron chi connectivity index (χ1n) is 5.85. The minimum Gasteiger partial charge on any atom is -0.368 e. The van der Waals surface area contributed by atoms with Gasteiger partial charge in [-0.25, -0.2) is 0 Å². The van der Waals surface area contributed by atoms with Gasteiger partial charge in [0.05, 0.1) is 6.04 Å². The van der Waals surface area contributed by atoms with Gasteiger partial charge >= 0.3 is 0 Å². The Morgan fingerprint density at radius 1 is 1.38 bits per heavy atom. The molecule has 2 unspecified atom stereocenters. The van der Waals surface area contributed by atoms with Crippen LogP contribution in [0.25, 0.3) is 0 Å². The molecule has 1 saturated heterocycles. The SMILES string of the molecule is CC(C)C(NC(=O)C1CCCCN1)C(N)=O. The highest BCUT2D eigenvalue weighted by Crippen LogP contribution is 2.08. The van der Waals surface area contributed by atoms with E-state index in [1.54, 1.807) is 0 Å². The lowest BCUT2D eigenvalue weighted by Gasteiger charge is -2.26. The first-order valence-corrected chi connectivity index (χ1v) is 5.85. The number of amides is 2. The summed E-state index contributed by atoms with van der Waals surface area (Å²) in [6.45, 7) is 4.59. The van der Waals surface area contributed by atoms with Crippen molar-refractivity contribution in [2.24, 2.45) is 11.7 Å². The standard InChI is InChI=1S/C11H21N3O2/c1-7(2)9(10(12)15)14-11(16)8-5-3-4-6-13-8/h7-9,13H,3-6H2,1-2H3,(H2,12,15)(H,14,16). The fourth-order valence-corrected chi connectivity index (χ4v) is 1.90. The topological polar surface area (TPSA) is 84.2 Å². The summed E-state index contributed by atoms with van der Waals surface area (Å²) in [5.74, 6) is -0.568. The maximum atomic E-state index is 11.8. The molecular weight excluding hydrogens is 206 g/mol. The third-order valence-corrected chi connectivity index (χ3v) is 2.90. The summed E-state index contributed by atoms with van der Waals surface area (Å²) in [5, 5.41) is 5.85. The summed E-state index contributed by atoms with van der Waals surface area (Å²) < 4.78 is 0. The Morgan fingerprint density at radius 3 is 2.50 bits per heavy atom. The molecular formula is C11H21N3O2. The van der Waals surface area contributed by atoms with E-state index in [2.05, 4.69) is 10.6 Å². The van der Waals surface area contributed by atoms with Crippen molar-refractivity contribution in [3.05, 3.63) is 0 Å². The van der Waals surface area contributed by atoms with Gasteiger partial charge in [0, 0.05) is 0 Å². The first kappa shape index (κ1) is 13.0. The van der Waals surface area contributed by atoms with Crippen LogP contribution in [-0.4, -0.2) is 30.4 Å². The van der Waals surface area contributed by atoms with Gasteiger partial charge in [0.15, 0.2) is 0 Å². The second-order valence-electron chi connectivity index (χ2n) is 4.64. The number of hydrogen-bond acceptors (Lipinski definition) is 3. The molecule has 92 valence electrons. The quantitative estimate of drug-likeness (QED) is 0.619. The minimum absolute atomic E-state index is 0.0186. The van der Waals surface area contributed by atoms with E-state index in [1.165, 1.54) is 0 Å². The molecule has 1 aliphatic heterocycles. The van der Waals surface area contributed by atoms with Gasteiger partial charge < -0.3 is 16.4 Å². The van der Waals surface area contributed by atoms with Crippen molar-refractivity contribution in [1.29, 1.82) is 0 Å². The highest BCUT2D eigenvalue weighted by atomic mass is 16.2. The van der Waals surface area contributed by atoms with E-state index in [-0.39, 0.29) is 17.9 Å². The van der Waals surface area contributed by atoms with Gasteiger partial charge in [-0.2, -0.15) is 0 Å². The molecule has 0 spiro atoms. The van der Waals surface area contributed by atoms with Gasteiger partial charge in [0.25, 0.3) is 0 Å². The molecule has 2 atom stereocenters. The van der Waals surface area contributed by atoms with Crippen LogP contribution in [0.1, 0.15) is 33.1 Å². The second kappa shape index (κ2) is 5.84. The van der Waals surface area contributed by atoms with Crippen molar-refractivity contribution in [2.45, 2.75) is 45.2 Å². The van der Waals surface area contributed by atoms with Crippen LogP contribution in [-0.2, 0) is 9.59 Å². The van der Waals surface area contributed by atoms with E-state index in [4.69, 9.17) is 5.73 Å². The average molecular weight is 227 g/mol. The maximum absolute atomic E-state index is 11.8. The van der Waals surface area contributed by atoms with Crippen molar-refractivity contribution in [1.82, 2.24) is 10.6 Å². The largest absolute Gasteiger partial charge is 0.368 e. The normalized spacial score (nSPS) is 22.8. The van der Waals surface area contributed by atoms with Crippen LogP contribution in [0.3, 0.4) is 0 Å². The van der Waals surface area contributed by atoms with Gasteiger partial charge in [-0.05, 0) is 25.3 Å². The number of hydrogen-bond donors (Lipinski definition) is 3. The Hall–Kier alpha value is -1.10. The number of nitrogens with one attached hydrogen (secondary N) is 2. The van der Waals surface area contributed by atoms with Crippen molar-refractivity contribution in [3.8, 4) is 0 Å². The monoisotopic (exact) mass is 227 g/mol. The maximum Gasteiger partial charge on any atom is 0.240 e. The number of rotatable bonds is 4. The third-order valence-electron chi connectivity index (χ3n) is 2.90. The Bertz CT molecular complexity index is 260. The smallest absolute Gasteiger partial charge is 0.240 e. The van der Waals surface area contributed by atoms with Gasteiger partial charge in [-0.3, -0.25) is 9.59 Å². The van der Waals surface area contributed by atoms with Crippen molar-refractivity contribution in [3.63, 3.8) is 0 Å². The van der Waals surface area contributed by atoms with Crippen LogP contribution in [0.2, 0.25) is 0 Å². The van der Waals surface area contributed by atoms with Gasteiger partial charge in [0.2, 0.25) is 11.8 Å². The first-order chi connectivity index (χ1) is 7.52. The Morgan fingerprint density at radius 2 is 2.06 bits per heavy atom. The number of carbonyl (C=O) groups excluding carboxylic acids is 2. The van der Waals surface area contributed by atoms with E-state index >= 15 is 0 Å². The molecule has 1 heterocycles. The minimum atomic E-state index is -0.573. The van der Waals surface area contributed by atoms with E-state index in [0.29, 0.717) is 0 Å². The zero-order valence-electron chi connectivity index (χ0n) is 9.95. The van der Waals surface area contributed by atoms with Crippen molar-refractivity contribution < 1.29 is 9.59 Å². The molecule has 5 nitrogen and oxygen atoms in total. The summed E-state index contributed by atoms with van der Waals surface area (Å²) in [4.78, 5) is 23.0. The third kappa shape index (κ3) is 3.48. The van der Waals surface area contributed by atoms with E-state index in [0.717, 1.165) is 25.8 Å². The molecule has 0 bridgehead atoms. The molecule has 4 N–H and O–H groups in total. The molecule has 16 heavy (non-hydrogen) atoms. The summed E-state index contributed by atoms with van der Waals surface area (Å²) in [6, 6.07) is -0.745. The lowest BCUT2D eigenvalue weighted by molar-refractivity contribution is -0.129. The van der Waals surface area contributed by atoms with Gasteiger partial charge in [-0.15, -0.1) is 0 Å². The van der Waals surface area contributed by atoms with Gasteiger partial charge in [-0.1, -0.05) is 20.3 Å². The van der Waals surface area contributed by atoms with Crippen molar-refractivity contribution >= 4 is 11.8 Å². The molecule has 0 saturated carbocycles. The Balaban J connectivity index is 2.50. The van der Waals surface area contributed by atoms with E-state index in [9.17, 15) is 9.59 Å². The summed E-state index contributed by atoms with van der Waals surface area (Å²) >= 11 is 0. The fourth-order valence-electron chi connectivity index (χ4n) is 1.90. The molecule has 1 fully saturated rings. The molecule has 0 aromatic rings. The molecule has 1 rings (SSSR count). The summed E-state index contributed by atoms with van der Waals surface area (Å²) in [6.07, 6.45) is 2.98. The highest BCUT2D eigenvalue weighted by Gasteiger charge is 2.26. The van der Waals surface area contributed by atoms with Crippen molar-refractivity contribution in [2.75, 3.05) is 6.54 Å². The van der Waals surface area contributed by atoms with Crippen LogP contribution in [0, 0.1) is 5.92 Å². The van der Waals surface area contributed by atoms with Crippen LogP contribution in [0.4, 0.5) is 0 Å². The number of carbonyl (C=O) groups is 2. The molecule has 0 aromatic heterocycles. The highest BCUT2D eigenvalue weighted by molar-refractivity contribution is 5.89. The number of primary amides is 1. The average Bonchev–Trinajstić information content (AvgIpc) is 2.25. The van der Waals surface area contributed by atoms with Crippen LogP contribution >= 0.6 is 0 Å². The molecule has 0 aromatic carbocycles. The van der Waals surface area contributed by atoms with E-state index in [1.807, 2.05) is 13.8 Å². The van der Waals surface area contributed by atoms with Crippen LogP contribution in [0.5, 0.6) is 0 Å². The summed E-state index contributed by atoms with van der Waals surface area (Å²) in [7, 11) is 0. The lowest BCUT2D eigenvalue weighted by atomic mass is 10.0. The predicted molar refractivity (Wildman–Crippen MR) is 61.6 cm³/mol. The molecule has 2 amide bonds. The van der Waals surface area contributed by atoms with Crippen LogP contribution in [0.15, 0.2) is 0 Å². The van der Waals surface area contributed by atoms with Crippen LogP contribution < -0.4 is 16.4 Å².